The van der Waals surface area contributed by atoms with E-state index in [1.54, 1.807) is 0 Å². The van der Waals surface area contributed by atoms with Crippen molar-refractivity contribution >= 4 is 12.1 Å². The lowest BCUT2D eigenvalue weighted by molar-refractivity contribution is 0.112. The Balaban J connectivity index is 2.60. The molecule has 1 atom stereocenters. The number of aldehydes is 1. The molecule has 4 heteroatoms. The van der Waals surface area contributed by atoms with E-state index < -0.39 is 0 Å². The van der Waals surface area contributed by atoms with Crippen LogP contribution in [0.2, 0.25) is 0 Å². The van der Waals surface area contributed by atoms with E-state index in [0.29, 0.717) is 17.5 Å². The maximum absolute atomic E-state index is 11.5. The molecule has 0 N–H and O–H groups in total. The Kier molecular flexibility index (Phi) is 4.46. The second-order valence-corrected chi connectivity index (χ2v) is 5.78. The third kappa shape index (κ3) is 2.84. The minimum Gasteiger partial charge on any atom is -0.356 e. The minimum absolute atomic E-state index is 0.308. The average molecular weight is 285 g/mol. The van der Waals surface area contributed by atoms with Crippen molar-refractivity contribution in [3.8, 4) is 5.69 Å². The van der Waals surface area contributed by atoms with Gasteiger partial charge >= 0.3 is 0 Å². The number of aryl methyl sites for hydroxylation is 1. The van der Waals surface area contributed by atoms with E-state index in [4.69, 9.17) is 0 Å². The van der Waals surface area contributed by atoms with Crippen LogP contribution in [0.15, 0.2) is 30.3 Å². The van der Waals surface area contributed by atoms with Crippen LogP contribution < -0.4 is 4.90 Å². The van der Waals surface area contributed by atoms with Gasteiger partial charge < -0.3 is 4.90 Å². The fourth-order valence-electron chi connectivity index (χ4n) is 2.39. The van der Waals surface area contributed by atoms with Crippen molar-refractivity contribution in [2.75, 3.05) is 11.9 Å². The summed E-state index contributed by atoms with van der Waals surface area (Å²) in [7, 11) is 2.02. The van der Waals surface area contributed by atoms with Crippen LogP contribution in [-0.2, 0) is 0 Å². The lowest BCUT2D eigenvalue weighted by atomic mass is 10.0. The smallest absolute Gasteiger partial charge is 0.155 e. The van der Waals surface area contributed by atoms with Crippen LogP contribution >= 0.6 is 0 Å². The Bertz CT molecular complexity index is 616. The number of para-hydroxylation sites is 1. The third-order valence-electron chi connectivity index (χ3n) is 4.11. The molecule has 1 aromatic carbocycles. The van der Waals surface area contributed by atoms with E-state index in [0.717, 1.165) is 23.5 Å². The second-order valence-electron chi connectivity index (χ2n) is 5.78. The molecular weight excluding hydrogens is 262 g/mol. The Morgan fingerprint density at radius 1 is 1.19 bits per heavy atom. The van der Waals surface area contributed by atoms with Gasteiger partial charge in [-0.25, -0.2) is 4.68 Å². The Morgan fingerprint density at radius 2 is 1.81 bits per heavy atom. The van der Waals surface area contributed by atoms with E-state index >= 15 is 0 Å². The predicted molar refractivity (Wildman–Crippen MR) is 86.4 cm³/mol. The van der Waals surface area contributed by atoms with Crippen LogP contribution in [-0.4, -0.2) is 29.2 Å². The maximum Gasteiger partial charge on any atom is 0.155 e. The molecule has 0 aliphatic carbocycles. The summed E-state index contributed by atoms with van der Waals surface area (Å²) in [5.74, 6) is 1.34. The molecule has 0 fully saturated rings. The van der Waals surface area contributed by atoms with Gasteiger partial charge in [0.25, 0.3) is 0 Å². The van der Waals surface area contributed by atoms with Crippen LogP contribution in [0.5, 0.6) is 0 Å². The Labute approximate surface area is 126 Å². The van der Waals surface area contributed by atoms with E-state index in [1.165, 1.54) is 0 Å². The number of hydrogen-bond acceptors (Lipinski definition) is 3. The number of nitrogens with zero attached hydrogens (tertiary/aromatic N) is 3. The molecule has 21 heavy (non-hydrogen) atoms. The van der Waals surface area contributed by atoms with Gasteiger partial charge in [0.15, 0.2) is 6.29 Å². The van der Waals surface area contributed by atoms with E-state index in [9.17, 15) is 4.79 Å². The fraction of sp³-hybridized carbons (Fsp3) is 0.412. The zero-order valence-electron chi connectivity index (χ0n) is 13.4. The predicted octanol–water partition coefficient (Wildman–Crippen LogP) is 3.47. The molecule has 0 saturated heterocycles. The van der Waals surface area contributed by atoms with Crippen molar-refractivity contribution < 1.29 is 4.79 Å². The van der Waals surface area contributed by atoms with Gasteiger partial charge in [0, 0.05) is 13.1 Å². The monoisotopic (exact) mass is 285 g/mol. The van der Waals surface area contributed by atoms with Crippen molar-refractivity contribution in [3.05, 3.63) is 41.6 Å². The summed E-state index contributed by atoms with van der Waals surface area (Å²) < 4.78 is 1.86. The first-order chi connectivity index (χ1) is 9.97. The SMILES string of the molecule is Cc1nn(-c2ccccc2)c(N(C)C(C)C(C)C)c1C=O. The summed E-state index contributed by atoms with van der Waals surface area (Å²) >= 11 is 0. The van der Waals surface area contributed by atoms with Gasteiger partial charge in [-0.2, -0.15) is 5.10 Å². The quantitative estimate of drug-likeness (QED) is 0.789. The summed E-state index contributed by atoms with van der Waals surface area (Å²) in [6.45, 7) is 8.40. The number of anilines is 1. The van der Waals surface area contributed by atoms with Gasteiger partial charge in [0.2, 0.25) is 0 Å². The van der Waals surface area contributed by atoms with Crippen molar-refractivity contribution in [1.82, 2.24) is 9.78 Å². The van der Waals surface area contributed by atoms with E-state index in [1.807, 2.05) is 49.0 Å². The molecule has 4 nitrogen and oxygen atoms in total. The number of aromatic nitrogens is 2. The average Bonchev–Trinajstić information content (AvgIpc) is 2.83. The highest BCUT2D eigenvalue weighted by molar-refractivity contribution is 5.85. The second kappa shape index (κ2) is 6.12. The zero-order chi connectivity index (χ0) is 15.6. The van der Waals surface area contributed by atoms with Gasteiger partial charge in [-0.3, -0.25) is 4.79 Å². The summed E-state index contributed by atoms with van der Waals surface area (Å²) in [6, 6.07) is 10.2. The number of rotatable bonds is 5. The van der Waals surface area contributed by atoms with Crippen LogP contribution in [0.25, 0.3) is 5.69 Å². The summed E-state index contributed by atoms with van der Waals surface area (Å²) in [5.41, 5.74) is 2.38. The molecular formula is C17H23N3O. The van der Waals surface area contributed by atoms with Gasteiger partial charge in [-0.1, -0.05) is 32.0 Å². The highest BCUT2D eigenvalue weighted by Crippen LogP contribution is 2.28. The first kappa shape index (κ1) is 15.3. The Hall–Kier alpha value is -2.10. The van der Waals surface area contributed by atoms with Crippen molar-refractivity contribution in [2.24, 2.45) is 5.92 Å². The highest BCUT2D eigenvalue weighted by Gasteiger charge is 2.23. The molecule has 1 heterocycles. The standard InChI is InChI=1S/C17H23N3O/c1-12(2)14(4)19(5)17-16(11-21)13(3)18-20(17)15-9-7-6-8-10-15/h6-12,14H,1-5H3. The van der Waals surface area contributed by atoms with Gasteiger partial charge in [-0.15, -0.1) is 0 Å². The molecule has 0 aliphatic heterocycles. The molecule has 2 aromatic rings. The van der Waals surface area contributed by atoms with Crippen molar-refractivity contribution in [2.45, 2.75) is 33.7 Å². The number of benzene rings is 1. The highest BCUT2D eigenvalue weighted by atomic mass is 16.1. The molecule has 0 bridgehead atoms. The van der Waals surface area contributed by atoms with Gasteiger partial charge in [-0.05, 0) is 31.9 Å². The van der Waals surface area contributed by atoms with Crippen molar-refractivity contribution in [1.29, 1.82) is 0 Å². The molecule has 0 spiro atoms. The summed E-state index contributed by atoms with van der Waals surface area (Å²) in [5, 5.41) is 4.56. The molecule has 0 aliphatic rings. The number of carbonyl (C=O) groups is 1. The zero-order valence-corrected chi connectivity index (χ0v) is 13.4. The largest absolute Gasteiger partial charge is 0.356 e. The first-order valence-corrected chi connectivity index (χ1v) is 7.30. The number of hydrogen-bond donors (Lipinski definition) is 0. The molecule has 1 unspecified atom stereocenters. The van der Waals surface area contributed by atoms with Crippen molar-refractivity contribution in [3.63, 3.8) is 0 Å². The molecule has 2 rings (SSSR count). The summed E-state index contributed by atoms with van der Waals surface area (Å²) in [4.78, 5) is 13.6. The lowest BCUT2D eigenvalue weighted by Gasteiger charge is -2.30. The molecule has 0 radical (unpaired) electrons. The van der Waals surface area contributed by atoms with E-state index in [2.05, 4.69) is 30.8 Å². The molecule has 112 valence electrons. The minimum atomic E-state index is 0.308. The van der Waals surface area contributed by atoms with Crippen LogP contribution in [0.4, 0.5) is 5.82 Å². The fourth-order valence-corrected chi connectivity index (χ4v) is 2.39. The third-order valence-corrected chi connectivity index (χ3v) is 4.11. The maximum atomic E-state index is 11.5. The molecule has 0 amide bonds. The number of carbonyl (C=O) groups excluding carboxylic acids is 1. The summed E-state index contributed by atoms with van der Waals surface area (Å²) in [6.07, 6.45) is 0.903. The van der Waals surface area contributed by atoms with E-state index in [-0.39, 0.29) is 0 Å². The van der Waals surface area contributed by atoms with Crippen LogP contribution in [0.3, 0.4) is 0 Å². The molecule has 1 aromatic heterocycles. The topological polar surface area (TPSA) is 38.1 Å². The van der Waals surface area contributed by atoms with Crippen LogP contribution in [0.1, 0.15) is 36.8 Å². The normalized spacial score (nSPS) is 12.5. The molecule has 0 saturated carbocycles. The van der Waals surface area contributed by atoms with Crippen LogP contribution in [0, 0.1) is 12.8 Å². The van der Waals surface area contributed by atoms with Gasteiger partial charge in [0.05, 0.1) is 16.9 Å². The van der Waals surface area contributed by atoms with Gasteiger partial charge in [0.1, 0.15) is 5.82 Å². The first-order valence-electron chi connectivity index (χ1n) is 7.30. The lowest BCUT2D eigenvalue weighted by Crippen LogP contribution is -2.35. The Morgan fingerprint density at radius 3 is 2.33 bits per heavy atom.